The van der Waals surface area contributed by atoms with E-state index in [1.165, 1.54) is 12.1 Å². The van der Waals surface area contributed by atoms with Gasteiger partial charge < -0.3 is 10.1 Å². The molecule has 2 rings (SSSR count). The van der Waals surface area contributed by atoms with Gasteiger partial charge in [-0.2, -0.15) is 5.10 Å². The van der Waals surface area contributed by atoms with Gasteiger partial charge in [0.2, 0.25) is 0 Å². The summed E-state index contributed by atoms with van der Waals surface area (Å²) in [7, 11) is 0. The van der Waals surface area contributed by atoms with Crippen LogP contribution in [0.1, 0.15) is 25.3 Å². The number of benzene rings is 1. The van der Waals surface area contributed by atoms with Crippen LogP contribution in [0.5, 0.6) is 0 Å². The molecule has 1 aliphatic rings. The maximum absolute atomic E-state index is 10.6. The number of nitro benzene ring substituents is 1. The first-order valence-corrected chi connectivity index (χ1v) is 7.41. The van der Waals surface area contributed by atoms with Crippen molar-refractivity contribution in [3.63, 3.8) is 0 Å². The summed E-state index contributed by atoms with van der Waals surface area (Å²) in [5, 5.41) is 18.3. The van der Waals surface area contributed by atoms with E-state index in [1.807, 2.05) is 0 Å². The number of rotatable bonds is 5. The number of thiocarbonyl (C=S) groups is 1. The van der Waals surface area contributed by atoms with Crippen LogP contribution >= 0.6 is 12.2 Å². The molecule has 1 aliphatic heterocycles. The number of nitrogens with zero attached hydrogens (tertiary/aromatic N) is 2. The Morgan fingerprint density at radius 2 is 2.23 bits per heavy atom. The van der Waals surface area contributed by atoms with Gasteiger partial charge in [0, 0.05) is 25.3 Å². The number of ether oxygens (including phenoxy) is 1. The van der Waals surface area contributed by atoms with E-state index in [-0.39, 0.29) is 11.8 Å². The highest BCUT2D eigenvalue weighted by atomic mass is 32.1. The molecule has 1 unspecified atom stereocenters. The lowest BCUT2D eigenvalue weighted by molar-refractivity contribution is -0.384. The standard InChI is InChI=1S/C14H18N4O3S/c1-10(11-4-6-12(7-5-11)18(19)20)16-17-14(22)15-9-13-3-2-8-21-13/h4-7,13H,2-3,8-9H2,1H3,(H2,15,17,22). The molecule has 1 heterocycles. The molecule has 0 saturated carbocycles. The van der Waals surface area contributed by atoms with Gasteiger partial charge in [-0.25, -0.2) is 0 Å². The van der Waals surface area contributed by atoms with Gasteiger partial charge in [-0.1, -0.05) is 0 Å². The van der Waals surface area contributed by atoms with Crippen molar-refractivity contribution in [2.45, 2.75) is 25.9 Å². The highest BCUT2D eigenvalue weighted by Gasteiger charge is 2.15. The molecule has 8 heteroatoms. The molecule has 0 radical (unpaired) electrons. The summed E-state index contributed by atoms with van der Waals surface area (Å²) in [6, 6.07) is 6.20. The van der Waals surface area contributed by atoms with Gasteiger partial charge in [0.1, 0.15) is 0 Å². The Balaban J connectivity index is 1.83. The van der Waals surface area contributed by atoms with Gasteiger partial charge in [-0.3, -0.25) is 15.5 Å². The first-order valence-electron chi connectivity index (χ1n) is 7.01. The fraction of sp³-hybridized carbons (Fsp3) is 0.429. The lowest BCUT2D eigenvalue weighted by Crippen LogP contribution is -2.37. The molecule has 118 valence electrons. The Morgan fingerprint density at radius 3 is 2.82 bits per heavy atom. The van der Waals surface area contributed by atoms with E-state index in [4.69, 9.17) is 17.0 Å². The zero-order valence-corrected chi connectivity index (χ0v) is 13.1. The molecular formula is C14H18N4O3S. The van der Waals surface area contributed by atoms with E-state index in [2.05, 4.69) is 15.8 Å². The number of nitro groups is 1. The SMILES string of the molecule is CC(=NNC(=S)NCC1CCCO1)c1ccc([N+](=O)[O-])cc1. The zero-order chi connectivity index (χ0) is 15.9. The summed E-state index contributed by atoms with van der Waals surface area (Å²) in [6.45, 7) is 3.28. The fourth-order valence-electron chi connectivity index (χ4n) is 2.07. The zero-order valence-electron chi connectivity index (χ0n) is 12.2. The molecule has 0 spiro atoms. The van der Waals surface area contributed by atoms with E-state index in [1.54, 1.807) is 19.1 Å². The second-order valence-corrected chi connectivity index (χ2v) is 5.37. The summed E-state index contributed by atoms with van der Waals surface area (Å²) in [5.41, 5.74) is 4.30. The van der Waals surface area contributed by atoms with Crippen LogP contribution in [0.3, 0.4) is 0 Å². The second-order valence-electron chi connectivity index (χ2n) is 4.96. The van der Waals surface area contributed by atoms with Crippen molar-refractivity contribution in [2.24, 2.45) is 5.10 Å². The predicted octanol–water partition coefficient (Wildman–Crippen LogP) is 1.96. The summed E-state index contributed by atoms with van der Waals surface area (Å²) in [6.07, 6.45) is 2.34. The van der Waals surface area contributed by atoms with Gasteiger partial charge in [0.25, 0.3) is 5.69 Å². The van der Waals surface area contributed by atoms with Gasteiger partial charge in [-0.05, 0) is 49.7 Å². The minimum Gasteiger partial charge on any atom is -0.376 e. The molecule has 0 aromatic heterocycles. The van der Waals surface area contributed by atoms with Crippen molar-refractivity contribution >= 4 is 28.7 Å². The van der Waals surface area contributed by atoms with Crippen LogP contribution in [-0.2, 0) is 4.74 Å². The van der Waals surface area contributed by atoms with Crippen LogP contribution in [0.25, 0.3) is 0 Å². The van der Waals surface area contributed by atoms with Crippen LogP contribution in [-0.4, -0.2) is 35.0 Å². The number of hydrazone groups is 1. The Kier molecular flexibility index (Phi) is 5.79. The molecule has 1 aromatic carbocycles. The molecule has 0 amide bonds. The van der Waals surface area contributed by atoms with Crippen LogP contribution in [0.2, 0.25) is 0 Å². The summed E-state index contributed by atoms with van der Waals surface area (Å²) in [5.74, 6) is 0. The van der Waals surface area contributed by atoms with Crippen molar-refractivity contribution in [3.8, 4) is 0 Å². The summed E-state index contributed by atoms with van der Waals surface area (Å²) >= 11 is 5.14. The highest BCUT2D eigenvalue weighted by Crippen LogP contribution is 2.12. The maximum Gasteiger partial charge on any atom is 0.269 e. The third-order valence-electron chi connectivity index (χ3n) is 3.34. The molecule has 7 nitrogen and oxygen atoms in total. The third-order valence-corrected chi connectivity index (χ3v) is 3.57. The van der Waals surface area contributed by atoms with E-state index < -0.39 is 4.92 Å². The smallest absolute Gasteiger partial charge is 0.269 e. The minimum atomic E-state index is -0.432. The molecule has 22 heavy (non-hydrogen) atoms. The number of hydrogen-bond acceptors (Lipinski definition) is 5. The molecule has 2 N–H and O–H groups in total. The van der Waals surface area contributed by atoms with E-state index in [0.29, 0.717) is 17.4 Å². The molecule has 0 bridgehead atoms. The molecule has 1 fully saturated rings. The van der Waals surface area contributed by atoms with E-state index in [0.717, 1.165) is 25.0 Å². The first kappa shape index (κ1) is 16.3. The van der Waals surface area contributed by atoms with Crippen LogP contribution < -0.4 is 10.7 Å². The molecule has 0 aliphatic carbocycles. The molecule has 1 saturated heterocycles. The summed E-state index contributed by atoms with van der Waals surface area (Å²) < 4.78 is 5.49. The predicted molar refractivity (Wildman–Crippen MR) is 88.0 cm³/mol. The lowest BCUT2D eigenvalue weighted by atomic mass is 10.1. The van der Waals surface area contributed by atoms with Crippen molar-refractivity contribution in [3.05, 3.63) is 39.9 Å². The Hall–Kier alpha value is -2.06. The van der Waals surface area contributed by atoms with Crippen molar-refractivity contribution in [2.75, 3.05) is 13.2 Å². The fourth-order valence-corrected chi connectivity index (χ4v) is 2.20. The second kappa shape index (κ2) is 7.81. The average molecular weight is 322 g/mol. The normalized spacial score (nSPS) is 18.0. The van der Waals surface area contributed by atoms with Gasteiger partial charge >= 0.3 is 0 Å². The van der Waals surface area contributed by atoms with Crippen molar-refractivity contribution < 1.29 is 9.66 Å². The van der Waals surface area contributed by atoms with Crippen molar-refractivity contribution in [1.82, 2.24) is 10.7 Å². The third kappa shape index (κ3) is 4.74. The maximum atomic E-state index is 10.6. The minimum absolute atomic E-state index is 0.0539. The highest BCUT2D eigenvalue weighted by molar-refractivity contribution is 7.80. The monoisotopic (exact) mass is 322 g/mol. The average Bonchev–Trinajstić information content (AvgIpc) is 3.04. The Labute approximate surface area is 133 Å². The Bertz CT molecular complexity index is 568. The lowest BCUT2D eigenvalue weighted by Gasteiger charge is -2.12. The van der Waals surface area contributed by atoms with E-state index >= 15 is 0 Å². The van der Waals surface area contributed by atoms with Gasteiger partial charge in [0.15, 0.2) is 5.11 Å². The molecule has 1 atom stereocenters. The molecular weight excluding hydrogens is 304 g/mol. The first-order chi connectivity index (χ1) is 10.6. The quantitative estimate of drug-likeness (QED) is 0.373. The van der Waals surface area contributed by atoms with Crippen LogP contribution in [0.15, 0.2) is 29.4 Å². The van der Waals surface area contributed by atoms with E-state index in [9.17, 15) is 10.1 Å². The number of non-ortho nitro benzene ring substituents is 1. The van der Waals surface area contributed by atoms with Gasteiger partial charge in [-0.15, -0.1) is 0 Å². The molecule has 1 aromatic rings. The number of hydrogen-bond donors (Lipinski definition) is 2. The topological polar surface area (TPSA) is 88.8 Å². The number of nitrogens with one attached hydrogen (secondary N) is 2. The Morgan fingerprint density at radius 1 is 1.50 bits per heavy atom. The van der Waals surface area contributed by atoms with Gasteiger partial charge in [0.05, 0.1) is 16.7 Å². The van der Waals surface area contributed by atoms with Crippen LogP contribution in [0.4, 0.5) is 5.69 Å². The van der Waals surface area contributed by atoms with Crippen LogP contribution in [0, 0.1) is 10.1 Å². The summed E-state index contributed by atoms with van der Waals surface area (Å²) in [4.78, 5) is 10.2. The van der Waals surface area contributed by atoms with Crippen molar-refractivity contribution in [1.29, 1.82) is 0 Å². The largest absolute Gasteiger partial charge is 0.376 e.